The number of nitrogens with zero attached hydrogens (tertiary/aromatic N) is 1. The highest BCUT2D eigenvalue weighted by atomic mass is 16.5. The third-order valence-electron chi connectivity index (χ3n) is 2.87. The van der Waals surface area contributed by atoms with Gasteiger partial charge in [0.05, 0.1) is 12.2 Å². The lowest BCUT2D eigenvalue weighted by molar-refractivity contribution is 0.0696. The molecular formula is C15H15NO3. The molecule has 1 aromatic carbocycles. The van der Waals surface area contributed by atoms with Gasteiger partial charge in [-0.2, -0.15) is 0 Å². The summed E-state index contributed by atoms with van der Waals surface area (Å²) in [6.07, 6.45) is 3.87. The molecule has 0 spiro atoms. The standard InChI is InChI=1S/C15H15NO3/c1-19-7-6-11-2-4-12(5-3-11)13-8-14(15(17)18)10-16-9-13/h2-5,8-10H,6-7H2,1H3,(H,17,18). The highest BCUT2D eigenvalue weighted by Crippen LogP contribution is 2.20. The van der Waals surface area contributed by atoms with Crippen LogP contribution in [0.25, 0.3) is 11.1 Å². The number of carboxylic acid groups (broad SMARTS) is 1. The van der Waals surface area contributed by atoms with Crippen molar-refractivity contribution >= 4 is 5.97 Å². The second kappa shape index (κ2) is 6.11. The van der Waals surface area contributed by atoms with Crippen molar-refractivity contribution in [2.75, 3.05) is 13.7 Å². The van der Waals surface area contributed by atoms with Gasteiger partial charge in [-0.3, -0.25) is 4.98 Å². The Morgan fingerprint density at radius 2 is 1.95 bits per heavy atom. The Kier molecular flexibility index (Phi) is 4.26. The zero-order valence-electron chi connectivity index (χ0n) is 10.7. The largest absolute Gasteiger partial charge is 0.478 e. The zero-order chi connectivity index (χ0) is 13.7. The summed E-state index contributed by atoms with van der Waals surface area (Å²) in [4.78, 5) is 14.9. The van der Waals surface area contributed by atoms with Crippen LogP contribution in [0.15, 0.2) is 42.7 Å². The van der Waals surface area contributed by atoms with Crippen LogP contribution >= 0.6 is 0 Å². The number of pyridine rings is 1. The fourth-order valence-electron chi connectivity index (χ4n) is 1.80. The molecule has 0 bridgehead atoms. The summed E-state index contributed by atoms with van der Waals surface area (Å²) in [7, 11) is 1.68. The minimum absolute atomic E-state index is 0.195. The molecule has 19 heavy (non-hydrogen) atoms. The smallest absolute Gasteiger partial charge is 0.337 e. The molecule has 0 aliphatic carbocycles. The molecule has 0 amide bonds. The Hall–Kier alpha value is -2.20. The van der Waals surface area contributed by atoms with Crippen LogP contribution in [-0.4, -0.2) is 29.8 Å². The van der Waals surface area contributed by atoms with Gasteiger partial charge in [-0.25, -0.2) is 4.79 Å². The van der Waals surface area contributed by atoms with Crippen molar-refractivity contribution in [3.63, 3.8) is 0 Å². The first-order valence-corrected chi connectivity index (χ1v) is 5.97. The van der Waals surface area contributed by atoms with E-state index in [1.54, 1.807) is 19.4 Å². The highest BCUT2D eigenvalue weighted by molar-refractivity contribution is 5.88. The minimum atomic E-state index is -0.967. The van der Waals surface area contributed by atoms with Crippen molar-refractivity contribution in [3.8, 4) is 11.1 Å². The first-order chi connectivity index (χ1) is 9.20. The van der Waals surface area contributed by atoms with Gasteiger partial charge in [-0.1, -0.05) is 24.3 Å². The molecule has 0 aliphatic heterocycles. The van der Waals surface area contributed by atoms with Gasteiger partial charge in [0.15, 0.2) is 0 Å². The van der Waals surface area contributed by atoms with E-state index in [1.165, 1.54) is 11.8 Å². The third kappa shape index (κ3) is 3.39. The maximum Gasteiger partial charge on any atom is 0.337 e. The van der Waals surface area contributed by atoms with Crippen LogP contribution in [0.4, 0.5) is 0 Å². The molecule has 4 heteroatoms. The van der Waals surface area contributed by atoms with E-state index < -0.39 is 5.97 Å². The maximum atomic E-state index is 10.9. The molecule has 1 N–H and O–H groups in total. The van der Waals surface area contributed by atoms with Crippen LogP contribution in [0.1, 0.15) is 15.9 Å². The van der Waals surface area contributed by atoms with Gasteiger partial charge in [-0.05, 0) is 23.6 Å². The van der Waals surface area contributed by atoms with Gasteiger partial charge < -0.3 is 9.84 Å². The Labute approximate surface area is 111 Å². The average molecular weight is 257 g/mol. The van der Waals surface area contributed by atoms with E-state index in [-0.39, 0.29) is 5.56 Å². The predicted molar refractivity (Wildman–Crippen MR) is 72.2 cm³/mol. The molecule has 0 aliphatic rings. The van der Waals surface area contributed by atoms with E-state index in [1.807, 2.05) is 24.3 Å². The summed E-state index contributed by atoms with van der Waals surface area (Å²) in [6.45, 7) is 0.690. The van der Waals surface area contributed by atoms with Crippen LogP contribution < -0.4 is 0 Å². The maximum absolute atomic E-state index is 10.9. The van der Waals surface area contributed by atoms with Crippen molar-refractivity contribution in [2.24, 2.45) is 0 Å². The highest BCUT2D eigenvalue weighted by Gasteiger charge is 2.05. The molecule has 1 aromatic heterocycles. The van der Waals surface area contributed by atoms with E-state index in [2.05, 4.69) is 4.98 Å². The van der Waals surface area contributed by atoms with Crippen LogP contribution in [0.2, 0.25) is 0 Å². The zero-order valence-corrected chi connectivity index (χ0v) is 10.7. The summed E-state index contributed by atoms with van der Waals surface area (Å²) in [5.41, 5.74) is 3.14. The third-order valence-corrected chi connectivity index (χ3v) is 2.87. The first-order valence-electron chi connectivity index (χ1n) is 5.97. The fraction of sp³-hybridized carbons (Fsp3) is 0.200. The Bertz CT molecular complexity index is 564. The molecule has 2 aromatic rings. The van der Waals surface area contributed by atoms with Gasteiger partial charge in [-0.15, -0.1) is 0 Å². The van der Waals surface area contributed by atoms with E-state index in [4.69, 9.17) is 9.84 Å². The monoisotopic (exact) mass is 257 g/mol. The number of rotatable bonds is 5. The number of hydrogen-bond donors (Lipinski definition) is 1. The molecule has 0 unspecified atom stereocenters. The predicted octanol–water partition coefficient (Wildman–Crippen LogP) is 2.64. The molecule has 2 rings (SSSR count). The number of benzene rings is 1. The molecular weight excluding hydrogens is 242 g/mol. The van der Waals surface area contributed by atoms with Gasteiger partial charge in [0.1, 0.15) is 0 Å². The molecule has 0 atom stereocenters. The molecule has 0 saturated heterocycles. The molecule has 0 fully saturated rings. The van der Waals surface area contributed by atoms with Crippen LogP contribution in [0, 0.1) is 0 Å². The van der Waals surface area contributed by atoms with Crippen LogP contribution in [-0.2, 0) is 11.2 Å². The molecule has 4 nitrogen and oxygen atoms in total. The second-order valence-corrected chi connectivity index (χ2v) is 4.21. The van der Waals surface area contributed by atoms with E-state index >= 15 is 0 Å². The SMILES string of the molecule is COCCc1ccc(-c2cncc(C(=O)O)c2)cc1. The number of ether oxygens (including phenoxy) is 1. The quantitative estimate of drug-likeness (QED) is 0.894. The summed E-state index contributed by atoms with van der Waals surface area (Å²) in [5.74, 6) is -0.967. The number of carboxylic acids is 1. The molecule has 0 saturated carbocycles. The van der Waals surface area contributed by atoms with Crippen molar-refractivity contribution in [1.82, 2.24) is 4.98 Å². The van der Waals surface area contributed by atoms with E-state index in [0.717, 1.165) is 17.5 Å². The van der Waals surface area contributed by atoms with Crippen LogP contribution in [0.5, 0.6) is 0 Å². The number of aromatic nitrogens is 1. The Morgan fingerprint density at radius 1 is 1.21 bits per heavy atom. The summed E-state index contributed by atoms with van der Waals surface area (Å²) in [5, 5.41) is 8.94. The number of carbonyl (C=O) groups is 1. The summed E-state index contributed by atoms with van der Waals surface area (Å²) >= 11 is 0. The lowest BCUT2D eigenvalue weighted by atomic mass is 10.0. The lowest BCUT2D eigenvalue weighted by Gasteiger charge is -2.05. The van der Waals surface area contributed by atoms with Gasteiger partial charge >= 0.3 is 5.97 Å². The lowest BCUT2D eigenvalue weighted by Crippen LogP contribution is -1.97. The van der Waals surface area contributed by atoms with E-state index in [9.17, 15) is 4.79 Å². The normalized spacial score (nSPS) is 10.4. The fourth-order valence-corrected chi connectivity index (χ4v) is 1.80. The molecule has 0 radical (unpaired) electrons. The number of aromatic carboxylic acids is 1. The second-order valence-electron chi connectivity index (χ2n) is 4.21. The van der Waals surface area contributed by atoms with Crippen molar-refractivity contribution in [1.29, 1.82) is 0 Å². The van der Waals surface area contributed by atoms with Crippen LogP contribution in [0.3, 0.4) is 0 Å². The number of methoxy groups -OCH3 is 1. The van der Waals surface area contributed by atoms with Gasteiger partial charge in [0.2, 0.25) is 0 Å². The number of hydrogen-bond acceptors (Lipinski definition) is 3. The topological polar surface area (TPSA) is 59.4 Å². The Morgan fingerprint density at radius 3 is 2.58 bits per heavy atom. The summed E-state index contributed by atoms with van der Waals surface area (Å²) < 4.78 is 5.03. The summed E-state index contributed by atoms with van der Waals surface area (Å²) in [6, 6.07) is 9.59. The Balaban J connectivity index is 2.22. The molecule has 98 valence electrons. The minimum Gasteiger partial charge on any atom is -0.478 e. The van der Waals surface area contributed by atoms with Crippen molar-refractivity contribution in [2.45, 2.75) is 6.42 Å². The van der Waals surface area contributed by atoms with Gasteiger partial charge in [0, 0.05) is 25.1 Å². The van der Waals surface area contributed by atoms with E-state index in [0.29, 0.717) is 6.61 Å². The first kappa shape index (κ1) is 13.2. The van der Waals surface area contributed by atoms with Crippen molar-refractivity contribution < 1.29 is 14.6 Å². The molecule has 1 heterocycles. The van der Waals surface area contributed by atoms with Gasteiger partial charge in [0.25, 0.3) is 0 Å². The average Bonchev–Trinajstić information content (AvgIpc) is 2.46. The van der Waals surface area contributed by atoms with Crippen molar-refractivity contribution in [3.05, 3.63) is 53.9 Å².